The minimum absolute atomic E-state index is 0.265. The lowest BCUT2D eigenvalue weighted by Crippen LogP contribution is -2.42. The van der Waals surface area contributed by atoms with Crippen molar-refractivity contribution in [2.75, 3.05) is 31.2 Å². The standard InChI is InChI=1S/C20H29N5O3S/c1-12(2)25(13(3)4)9-8-22-19(27)16-11-29-20(23-16)24-18(26)15-7-6-14(21)10-17(15)28-5/h6-7,10-13H,8-9,21H2,1-5H3,(H,22,27)(H,23,24,26). The summed E-state index contributed by atoms with van der Waals surface area (Å²) >= 11 is 1.19. The fourth-order valence-electron chi connectivity index (χ4n) is 3.00. The number of nitrogens with zero attached hydrogens (tertiary/aromatic N) is 2. The van der Waals surface area contributed by atoms with Crippen LogP contribution in [-0.4, -0.2) is 54.0 Å². The Morgan fingerprint density at radius 3 is 2.52 bits per heavy atom. The number of hydrogen-bond acceptors (Lipinski definition) is 7. The molecule has 0 unspecified atom stereocenters. The van der Waals surface area contributed by atoms with Crippen LogP contribution < -0.4 is 21.1 Å². The summed E-state index contributed by atoms with van der Waals surface area (Å²) in [5, 5.41) is 7.53. The lowest BCUT2D eigenvalue weighted by molar-refractivity contribution is 0.0934. The number of benzene rings is 1. The summed E-state index contributed by atoms with van der Waals surface area (Å²) in [5.41, 5.74) is 6.83. The molecule has 2 amide bonds. The number of nitrogens with two attached hydrogens (primary N) is 1. The van der Waals surface area contributed by atoms with E-state index in [1.165, 1.54) is 18.4 Å². The summed E-state index contributed by atoms with van der Waals surface area (Å²) in [5.74, 6) is -0.274. The SMILES string of the molecule is COc1cc(N)ccc1C(=O)Nc1nc(C(=O)NCCN(C(C)C)C(C)C)cs1. The third-order valence-electron chi connectivity index (χ3n) is 4.41. The maximum atomic E-state index is 12.5. The van der Waals surface area contributed by atoms with Crippen LogP contribution in [-0.2, 0) is 0 Å². The molecule has 9 heteroatoms. The second-order valence-corrected chi connectivity index (χ2v) is 7.99. The van der Waals surface area contributed by atoms with Gasteiger partial charge in [0.05, 0.1) is 12.7 Å². The van der Waals surface area contributed by atoms with E-state index in [0.29, 0.717) is 40.8 Å². The number of aromatic nitrogens is 1. The number of thiazole rings is 1. The molecule has 1 aromatic heterocycles. The van der Waals surface area contributed by atoms with Crippen molar-refractivity contribution in [3.8, 4) is 5.75 Å². The molecule has 1 heterocycles. The Hall–Kier alpha value is -2.65. The van der Waals surface area contributed by atoms with Gasteiger partial charge in [0.2, 0.25) is 0 Å². The zero-order valence-corrected chi connectivity index (χ0v) is 18.3. The van der Waals surface area contributed by atoms with Gasteiger partial charge in [0.15, 0.2) is 5.13 Å². The van der Waals surface area contributed by atoms with Crippen LogP contribution in [0.4, 0.5) is 10.8 Å². The van der Waals surface area contributed by atoms with Gasteiger partial charge in [0, 0.05) is 42.3 Å². The van der Waals surface area contributed by atoms with Crippen molar-refractivity contribution < 1.29 is 14.3 Å². The van der Waals surface area contributed by atoms with E-state index in [9.17, 15) is 9.59 Å². The summed E-state index contributed by atoms with van der Waals surface area (Å²) in [6.45, 7) is 9.81. The number of rotatable bonds is 9. The number of nitrogens with one attached hydrogen (secondary N) is 2. The fourth-order valence-corrected chi connectivity index (χ4v) is 3.68. The van der Waals surface area contributed by atoms with Crippen LogP contribution >= 0.6 is 11.3 Å². The number of carbonyl (C=O) groups is 2. The number of nitrogen functional groups attached to an aromatic ring is 1. The van der Waals surface area contributed by atoms with Crippen LogP contribution in [0.2, 0.25) is 0 Å². The second-order valence-electron chi connectivity index (χ2n) is 7.13. The Labute approximate surface area is 175 Å². The highest BCUT2D eigenvalue weighted by atomic mass is 32.1. The molecule has 158 valence electrons. The summed E-state index contributed by atoms with van der Waals surface area (Å²) in [6.07, 6.45) is 0. The van der Waals surface area contributed by atoms with Crippen molar-refractivity contribution in [3.63, 3.8) is 0 Å². The van der Waals surface area contributed by atoms with Gasteiger partial charge in [0.25, 0.3) is 11.8 Å². The van der Waals surface area contributed by atoms with Gasteiger partial charge in [-0.15, -0.1) is 11.3 Å². The highest BCUT2D eigenvalue weighted by Gasteiger charge is 2.17. The van der Waals surface area contributed by atoms with Gasteiger partial charge in [-0.05, 0) is 39.8 Å². The van der Waals surface area contributed by atoms with Crippen molar-refractivity contribution in [2.24, 2.45) is 0 Å². The van der Waals surface area contributed by atoms with Crippen molar-refractivity contribution in [1.82, 2.24) is 15.2 Å². The van der Waals surface area contributed by atoms with E-state index in [2.05, 4.69) is 48.2 Å². The third kappa shape index (κ3) is 6.16. The predicted molar refractivity (Wildman–Crippen MR) is 117 cm³/mol. The van der Waals surface area contributed by atoms with Gasteiger partial charge < -0.3 is 15.8 Å². The first kappa shape index (κ1) is 22.6. The molecule has 29 heavy (non-hydrogen) atoms. The molecule has 0 aliphatic carbocycles. The van der Waals surface area contributed by atoms with E-state index >= 15 is 0 Å². The molecule has 0 bridgehead atoms. The minimum Gasteiger partial charge on any atom is -0.496 e. The van der Waals surface area contributed by atoms with Gasteiger partial charge in [-0.25, -0.2) is 4.98 Å². The molecule has 4 N–H and O–H groups in total. The average molecular weight is 420 g/mol. The van der Waals surface area contributed by atoms with Gasteiger partial charge in [-0.2, -0.15) is 0 Å². The van der Waals surface area contributed by atoms with Gasteiger partial charge >= 0.3 is 0 Å². The van der Waals surface area contributed by atoms with Crippen molar-refractivity contribution in [2.45, 2.75) is 39.8 Å². The van der Waals surface area contributed by atoms with Gasteiger partial charge in [-0.1, -0.05) is 0 Å². The molecule has 0 saturated heterocycles. The third-order valence-corrected chi connectivity index (χ3v) is 5.17. The topological polar surface area (TPSA) is 110 Å². The number of anilines is 2. The average Bonchev–Trinajstić information content (AvgIpc) is 3.12. The zero-order chi connectivity index (χ0) is 21.6. The highest BCUT2D eigenvalue weighted by molar-refractivity contribution is 7.14. The molecule has 0 aliphatic heterocycles. The molecule has 0 fully saturated rings. The van der Waals surface area contributed by atoms with Crippen LogP contribution in [0.15, 0.2) is 23.6 Å². The van der Waals surface area contributed by atoms with Crippen LogP contribution in [0.1, 0.15) is 48.5 Å². The van der Waals surface area contributed by atoms with E-state index in [1.807, 2.05) is 0 Å². The molecule has 0 saturated carbocycles. The Bertz CT molecular complexity index is 842. The van der Waals surface area contributed by atoms with Crippen molar-refractivity contribution in [1.29, 1.82) is 0 Å². The van der Waals surface area contributed by atoms with E-state index in [4.69, 9.17) is 10.5 Å². The number of hydrogen-bond donors (Lipinski definition) is 3. The van der Waals surface area contributed by atoms with Crippen LogP contribution in [0, 0.1) is 0 Å². The molecular weight excluding hydrogens is 390 g/mol. The number of carbonyl (C=O) groups excluding carboxylic acids is 2. The van der Waals surface area contributed by atoms with Gasteiger partial charge in [0.1, 0.15) is 11.4 Å². The number of ether oxygens (including phenoxy) is 1. The summed E-state index contributed by atoms with van der Waals surface area (Å²) in [7, 11) is 1.47. The Morgan fingerprint density at radius 1 is 1.21 bits per heavy atom. The first-order valence-electron chi connectivity index (χ1n) is 9.47. The van der Waals surface area contributed by atoms with Crippen LogP contribution in [0.5, 0.6) is 5.75 Å². The van der Waals surface area contributed by atoms with Crippen molar-refractivity contribution in [3.05, 3.63) is 34.8 Å². The van der Waals surface area contributed by atoms with Gasteiger partial charge in [-0.3, -0.25) is 19.8 Å². The Balaban J connectivity index is 1.95. The summed E-state index contributed by atoms with van der Waals surface area (Å²) in [6, 6.07) is 5.58. The lowest BCUT2D eigenvalue weighted by atomic mass is 10.1. The Morgan fingerprint density at radius 2 is 1.90 bits per heavy atom. The minimum atomic E-state index is -0.382. The van der Waals surface area contributed by atoms with E-state index < -0.39 is 0 Å². The Kier molecular flexibility index (Phi) is 7.98. The maximum absolute atomic E-state index is 12.5. The first-order chi connectivity index (χ1) is 13.7. The molecule has 8 nitrogen and oxygen atoms in total. The molecule has 0 radical (unpaired) electrons. The molecule has 0 atom stereocenters. The van der Waals surface area contributed by atoms with Crippen LogP contribution in [0.3, 0.4) is 0 Å². The van der Waals surface area contributed by atoms with E-state index in [1.54, 1.807) is 23.6 Å². The molecule has 0 aliphatic rings. The largest absolute Gasteiger partial charge is 0.496 e. The normalized spacial score (nSPS) is 11.2. The zero-order valence-electron chi connectivity index (χ0n) is 17.5. The fraction of sp³-hybridized carbons (Fsp3) is 0.450. The van der Waals surface area contributed by atoms with E-state index in [0.717, 1.165) is 6.54 Å². The first-order valence-corrected chi connectivity index (χ1v) is 10.3. The van der Waals surface area contributed by atoms with Crippen molar-refractivity contribution >= 4 is 34.0 Å². The smallest absolute Gasteiger partial charge is 0.270 e. The predicted octanol–water partition coefficient (Wildman–Crippen LogP) is 2.83. The summed E-state index contributed by atoms with van der Waals surface area (Å²) in [4.78, 5) is 31.3. The van der Waals surface area contributed by atoms with E-state index in [-0.39, 0.29) is 17.5 Å². The molecule has 0 spiro atoms. The molecule has 2 rings (SSSR count). The summed E-state index contributed by atoms with van der Waals surface area (Å²) < 4.78 is 5.20. The molecular formula is C20H29N5O3S. The number of amides is 2. The number of methoxy groups -OCH3 is 1. The van der Waals surface area contributed by atoms with Crippen LogP contribution in [0.25, 0.3) is 0 Å². The lowest BCUT2D eigenvalue weighted by Gasteiger charge is -2.30. The second kappa shape index (κ2) is 10.2. The quantitative estimate of drug-likeness (QED) is 0.539. The monoisotopic (exact) mass is 419 g/mol. The highest BCUT2D eigenvalue weighted by Crippen LogP contribution is 2.23. The molecule has 2 aromatic rings. The maximum Gasteiger partial charge on any atom is 0.270 e. The molecule has 1 aromatic carbocycles.